The van der Waals surface area contributed by atoms with E-state index in [9.17, 15) is 0 Å². The predicted molar refractivity (Wildman–Crippen MR) is 66.8 cm³/mol. The number of rotatable bonds is 3. The molecule has 0 amide bonds. The highest BCUT2D eigenvalue weighted by molar-refractivity contribution is 9.10. The fourth-order valence-electron chi connectivity index (χ4n) is 1.74. The highest BCUT2D eigenvalue weighted by atomic mass is 79.9. The molecule has 2 unspecified atom stereocenters. The number of ether oxygens (including phenoxy) is 2. The van der Waals surface area contributed by atoms with Gasteiger partial charge in [-0.1, -0.05) is 22.0 Å². The quantitative estimate of drug-likeness (QED) is 0.924. The second kappa shape index (κ2) is 5.66. The third-order valence-electron chi connectivity index (χ3n) is 2.45. The molecule has 88 valence electrons. The molecule has 1 heterocycles. The van der Waals surface area contributed by atoms with Crippen LogP contribution in [0.25, 0.3) is 0 Å². The van der Waals surface area contributed by atoms with E-state index in [4.69, 9.17) is 9.47 Å². The van der Waals surface area contributed by atoms with Gasteiger partial charge in [0.25, 0.3) is 0 Å². The van der Waals surface area contributed by atoms with Gasteiger partial charge < -0.3 is 14.8 Å². The summed E-state index contributed by atoms with van der Waals surface area (Å²) in [6, 6.07) is 8.56. The van der Waals surface area contributed by atoms with Crippen LogP contribution in [-0.4, -0.2) is 31.9 Å². The molecule has 1 saturated heterocycles. The maximum Gasteiger partial charge on any atom is 0.120 e. The zero-order chi connectivity index (χ0) is 11.4. The van der Waals surface area contributed by atoms with Crippen LogP contribution in [0.3, 0.4) is 0 Å². The normalized spacial score (nSPS) is 25.4. The molecule has 3 nitrogen and oxygen atoms in total. The maximum atomic E-state index is 5.70. The van der Waals surface area contributed by atoms with Crippen LogP contribution in [0.15, 0.2) is 28.7 Å². The Hall–Kier alpha value is -0.580. The molecule has 1 fully saturated rings. The van der Waals surface area contributed by atoms with E-state index in [2.05, 4.69) is 28.2 Å². The van der Waals surface area contributed by atoms with Gasteiger partial charge in [-0.2, -0.15) is 0 Å². The minimum atomic E-state index is 0.280. The average molecular weight is 286 g/mol. The Bertz CT molecular complexity index is 346. The lowest BCUT2D eigenvalue weighted by Gasteiger charge is -2.28. The van der Waals surface area contributed by atoms with Crippen LogP contribution in [0, 0.1) is 0 Å². The Kier molecular flexibility index (Phi) is 4.21. The third kappa shape index (κ3) is 3.47. The summed E-state index contributed by atoms with van der Waals surface area (Å²) in [5.41, 5.74) is 0. The second-order valence-corrected chi connectivity index (χ2v) is 4.99. The highest BCUT2D eigenvalue weighted by Gasteiger charge is 2.18. The maximum absolute atomic E-state index is 5.70. The fraction of sp³-hybridized carbons (Fsp3) is 0.500. The van der Waals surface area contributed by atoms with Gasteiger partial charge in [-0.05, 0) is 25.1 Å². The zero-order valence-corrected chi connectivity index (χ0v) is 10.9. The summed E-state index contributed by atoms with van der Waals surface area (Å²) >= 11 is 3.42. The molecular weight excluding hydrogens is 270 g/mol. The van der Waals surface area contributed by atoms with Crippen molar-refractivity contribution in [3.05, 3.63) is 28.7 Å². The summed E-state index contributed by atoms with van der Waals surface area (Å²) in [6.07, 6.45) is 0. The van der Waals surface area contributed by atoms with Gasteiger partial charge >= 0.3 is 0 Å². The first-order chi connectivity index (χ1) is 7.74. The number of halogens is 1. The lowest BCUT2D eigenvalue weighted by molar-refractivity contribution is 0.0353. The summed E-state index contributed by atoms with van der Waals surface area (Å²) in [6.45, 7) is 4.26. The number of benzene rings is 1. The molecule has 0 saturated carbocycles. The molecule has 2 rings (SSSR count). The van der Waals surface area contributed by atoms with Crippen LogP contribution < -0.4 is 10.1 Å². The first kappa shape index (κ1) is 11.9. The Morgan fingerprint density at radius 3 is 3.12 bits per heavy atom. The van der Waals surface area contributed by atoms with E-state index in [-0.39, 0.29) is 6.04 Å². The molecule has 0 spiro atoms. The summed E-state index contributed by atoms with van der Waals surface area (Å²) < 4.78 is 12.2. The Morgan fingerprint density at radius 2 is 2.38 bits per heavy atom. The average Bonchev–Trinajstić information content (AvgIpc) is 2.27. The Balaban J connectivity index is 1.82. The molecule has 0 radical (unpaired) electrons. The standard InChI is InChI=1S/C12H16BrNO2/c1-9-6-15-7-11(14-9)8-16-12-4-2-3-10(13)5-12/h2-5,9,11,14H,6-8H2,1H3. The fourth-order valence-corrected chi connectivity index (χ4v) is 2.11. The molecular formula is C12H16BrNO2. The highest BCUT2D eigenvalue weighted by Crippen LogP contribution is 2.18. The van der Waals surface area contributed by atoms with Crippen LogP contribution in [0.4, 0.5) is 0 Å². The number of morpholine rings is 1. The molecule has 1 N–H and O–H groups in total. The van der Waals surface area contributed by atoms with Crippen molar-refractivity contribution in [3.63, 3.8) is 0 Å². The van der Waals surface area contributed by atoms with Gasteiger partial charge in [0.2, 0.25) is 0 Å². The van der Waals surface area contributed by atoms with Crippen molar-refractivity contribution >= 4 is 15.9 Å². The van der Waals surface area contributed by atoms with Gasteiger partial charge in [-0.15, -0.1) is 0 Å². The monoisotopic (exact) mass is 285 g/mol. The van der Waals surface area contributed by atoms with Crippen molar-refractivity contribution < 1.29 is 9.47 Å². The number of hydrogen-bond acceptors (Lipinski definition) is 3. The number of hydrogen-bond donors (Lipinski definition) is 1. The first-order valence-electron chi connectivity index (χ1n) is 5.46. The van der Waals surface area contributed by atoms with Gasteiger partial charge in [0.05, 0.1) is 19.3 Å². The van der Waals surface area contributed by atoms with Crippen molar-refractivity contribution in [2.45, 2.75) is 19.0 Å². The van der Waals surface area contributed by atoms with E-state index >= 15 is 0 Å². The van der Waals surface area contributed by atoms with E-state index in [1.807, 2.05) is 24.3 Å². The Labute approximate surface area is 104 Å². The summed E-state index contributed by atoms with van der Waals surface area (Å²) in [7, 11) is 0. The minimum Gasteiger partial charge on any atom is -0.492 e. The largest absolute Gasteiger partial charge is 0.492 e. The number of nitrogens with one attached hydrogen (secondary N) is 1. The van der Waals surface area contributed by atoms with E-state index < -0.39 is 0 Å². The zero-order valence-electron chi connectivity index (χ0n) is 9.28. The molecule has 1 aliphatic rings. The van der Waals surface area contributed by atoms with Crippen molar-refractivity contribution in [1.29, 1.82) is 0 Å². The molecule has 1 aliphatic heterocycles. The van der Waals surface area contributed by atoms with Gasteiger partial charge in [0.1, 0.15) is 12.4 Å². The van der Waals surface area contributed by atoms with Crippen LogP contribution >= 0.6 is 15.9 Å². The van der Waals surface area contributed by atoms with Crippen LogP contribution in [0.2, 0.25) is 0 Å². The molecule has 16 heavy (non-hydrogen) atoms. The SMILES string of the molecule is CC1COCC(COc2cccc(Br)c2)N1. The lowest BCUT2D eigenvalue weighted by atomic mass is 10.2. The topological polar surface area (TPSA) is 30.5 Å². The van der Waals surface area contributed by atoms with Crippen molar-refractivity contribution in [1.82, 2.24) is 5.32 Å². The van der Waals surface area contributed by atoms with Gasteiger partial charge in [0.15, 0.2) is 0 Å². The summed E-state index contributed by atoms with van der Waals surface area (Å²) in [5.74, 6) is 0.884. The van der Waals surface area contributed by atoms with Gasteiger partial charge in [0, 0.05) is 10.5 Å². The molecule has 4 heteroatoms. The van der Waals surface area contributed by atoms with Gasteiger partial charge in [-0.3, -0.25) is 0 Å². The van der Waals surface area contributed by atoms with Crippen molar-refractivity contribution in [3.8, 4) is 5.75 Å². The van der Waals surface area contributed by atoms with E-state index in [1.54, 1.807) is 0 Å². The van der Waals surface area contributed by atoms with E-state index in [0.717, 1.165) is 23.4 Å². The predicted octanol–water partition coefficient (Wildman–Crippen LogP) is 2.20. The molecule has 0 bridgehead atoms. The summed E-state index contributed by atoms with van der Waals surface area (Å²) in [4.78, 5) is 0. The first-order valence-corrected chi connectivity index (χ1v) is 6.25. The van der Waals surface area contributed by atoms with Crippen LogP contribution in [0.1, 0.15) is 6.92 Å². The minimum absolute atomic E-state index is 0.280. The Morgan fingerprint density at radius 1 is 1.50 bits per heavy atom. The van der Waals surface area contributed by atoms with Crippen molar-refractivity contribution in [2.24, 2.45) is 0 Å². The molecule has 0 aliphatic carbocycles. The second-order valence-electron chi connectivity index (χ2n) is 4.07. The van der Waals surface area contributed by atoms with Crippen LogP contribution in [0.5, 0.6) is 5.75 Å². The lowest BCUT2D eigenvalue weighted by Crippen LogP contribution is -2.50. The molecule has 1 aromatic carbocycles. The van der Waals surface area contributed by atoms with E-state index in [1.165, 1.54) is 0 Å². The van der Waals surface area contributed by atoms with Crippen molar-refractivity contribution in [2.75, 3.05) is 19.8 Å². The van der Waals surface area contributed by atoms with E-state index in [0.29, 0.717) is 12.6 Å². The molecule has 2 atom stereocenters. The smallest absolute Gasteiger partial charge is 0.120 e. The molecule has 1 aromatic rings. The summed E-state index contributed by atoms with van der Waals surface area (Å²) in [5, 5.41) is 3.44. The third-order valence-corrected chi connectivity index (χ3v) is 2.95. The van der Waals surface area contributed by atoms with Gasteiger partial charge in [-0.25, -0.2) is 0 Å². The van der Waals surface area contributed by atoms with Crippen LogP contribution in [-0.2, 0) is 4.74 Å². The molecule has 0 aromatic heterocycles.